The number of nitrogens with zero attached hydrogens (tertiary/aromatic N) is 1. The van der Waals surface area contributed by atoms with Gasteiger partial charge in [0.25, 0.3) is 11.8 Å². The molecule has 1 aliphatic heterocycles. The predicted octanol–water partition coefficient (Wildman–Crippen LogP) is 11.1. The Morgan fingerprint density at radius 2 is 1.05 bits per heavy atom. The molecule has 0 saturated carbocycles. The number of hydrogen-bond donors (Lipinski definition) is 2. The molecule has 0 aliphatic carbocycles. The van der Waals surface area contributed by atoms with E-state index in [2.05, 4.69) is 43.5 Å². The third kappa shape index (κ3) is 34.4. The van der Waals surface area contributed by atoms with Gasteiger partial charge in [-0.25, -0.2) is 4.57 Å². The van der Waals surface area contributed by atoms with Crippen LogP contribution in [0.5, 0.6) is 0 Å². The summed E-state index contributed by atoms with van der Waals surface area (Å²) in [6, 6.07) is 0. The normalized spacial score (nSPS) is 14.3. The molecule has 356 valence electrons. The van der Waals surface area contributed by atoms with Crippen molar-refractivity contribution in [3.8, 4) is 0 Å². The Labute approximate surface area is 374 Å². The van der Waals surface area contributed by atoms with Gasteiger partial charge in [-0.05, 0) is 64.2 Å². The summed E-state index contributed by atoms with van der Waals surface area (Å²) in [5.74, 6) is -2.45. The first-order chi connectivity index (χ1) is 30.1. The second-order valence-corrected chi connectivity index (χ2v) is 17.8. The highest BCUT2D eigenvalue weighted by molar-refractivity contribution is 7.47. The molecule has 13 nitrogen and oxygen atoms in total. The molecule has 0 aromatic carbocycles. The third-order valence-corrected chi connectivity index (χ3v) is 11.6. The lowest BCUT2D eigenvalue weighted by Crippen LogP contribution is -2.35. The van der Waals surface area contributed by atoms with Gasteiger partial charge in [-0.2, -0.15) is 0 Å². The van der Waals surface area contributed by atoms with E-state index in [1.165, 1.54) is 77.0 Å². The summed E-state index contributed by atoms with van der Waals surface area (Å²) in [4.78, 5) is 71.9. The van der Waals surface area contributed by atoms with E-state index in [0.29, 0.717) is 12.8 Å². The molecule has 62 heavy (non-hydrogen) atoms. The number of hydrogen-bond acceptors (Lipinski definition) is 10. The van der Waals surface area contributed by atoms with Crippen molar-refractivity contribution in [1.29, 1.82) is 0 Å². The van der Waals surface area contributed by atoms with Gasteiger partial charge in [0.15, 0.2) is 6.10 Å². The van der Waals surface area contributed by atoms with E-state index >= 15 is 0 Å². The van der Waals surface area contributed by atoms with Gasteiger partial charge in [-0.1, -0.05) is 141 Å². The molecule has 2 N–H and O–H groups in total. The van der Waals surface area contributed by atoms with Crippen LogP contribution in [0.25, 0.3) is 0 Å². The highest BCUT2D eigenvalue weighted by atomic mass is 31.2. The van der Waals surface area contributed by atoms with Crippen LogP contribution in [0, 0.1) is 0 Å². The molecule has 0 spiro atoms. The molecule has 3 amide bonds. The van der Waals surface area contributed by atoms with E-state index in [-0.39, 0.29) is 45.6 Å². The lowest BCUT2D eigenvalue weighted by atomic mass is 10.1. The second-order valence-electron chi connectivity index (χ2n) is 16.3. The average Bonchev–Trinajstić information content (AvgIpc) is 3.57. The minimum absolute atomic E-state index is 0.0988. The zero-order valence-corrected chi connectivity index (χ0v) is 39.4. The number of rotatable bonds is 43. The van der Waals surface area contributed by atoms with Gasteiger partial charge < -0.3 is 19.7 Å². The average molecular weight is 895 g/mol. The molecule has 2 atom stereocenters. The first kappa shape index (κ1) is 56.9. The monoisotopic (exact) mass is 895 g/mol. The quantitative estimate of drug-likeness (QED) is 0.0196. The van der Waals surface area contributed by atoms with Crippen molar-refractivity contribution < 1.29 is 52.0 Å². The standard InChI is InChI=1S/C48H83N2O11P/c1-3-5-7-9-11-13-15-17-19-21-23-25-27-29-31-33-47(54)58-41-43(61-48(55)34-32-30-28-26-24-22-20-18-16-14-12-10-8-6-4-2)42-60-62(56,57)59-40-38-49-44(51)37-39-50-45(52)35-36-46(50)53/h17-20,35-36,43H,3-16,21-34,37-42H2,1-2H3,(H,49,51)(H,56,57)/b19-17-,20-18-/t43-/m1/s1. The van der Waals surface area contributed by atoms with Crippen molar-refractivity contribution in [2.75, 3.05) is 32.9 Å². The first-order valence-electron chi connectivity index (χ1n) is 24.1. The molecule has 1 aliphatic rings. The minimum Gasteiger partial charge on any atom is -0.462 e. The number of ether oxygens (including phenoxy) is 2. The molecule has 14 heteroatoms. The van der Waals surface area contributed by atoms with Crippen LogP contribution < -0.4 is 5.32 Å². The van der Waals surface area contributed by atoms with Crippen LogP contribution in [-0.4, -0.2) is 78.5 Å². The summed E-state index contributed by atoms with van der Waals surface area (Å²) < 4.78 is 33.6. The molecule has 0 saturated heterocycles. The molecule has 1 unspecified atom stereocenters. The number of unbranched alkanes of at least 4 members (excludes halogenated alkanes) is 22. The third-order valence-electron chi connectivity index (χ3n) is 10.6. The van der Waals surface area contributed by atoms with Crippen LogP contribution in [0.2, 0.25) is 0 Å². The van der Waals surface area contributed by atoms with Gasteiger partial charge in [0.05, 0.1) is 13.2 Å². The highest BCUT2D eigenvalue weighted by Gasteiger charge is 2.27. The van der Waals surface area contributed by atoms with Crippen molar-refractivity contribution in [3.05, 3.63) is 36.5 Å². The van der Waals surface area contributed by atoms with E-state index in [1.54, 1.807) is 0 Å². The van der Waals surface area contributed by atoms with Crippen LogP contribution >= 0.6 is 7.82 Å². The summed E-state index contributed by atoms with van der Waals surface area (Å²) >= 11 is 0. The SMILES string of the molecule is CCCCCCCC/C=C\CCCCCCCC(=O)OC[C@H](COP(=O)(O)OCCNC(=O)CCN1C(=O)C=CC1=O)OC(=O)CCCCCCC/C=C\CCCCCCCC. The van der Waals surface area contributed by atoms with Crippen molar-refractivity contribution in [1.82, 2.24) is 10.2 Å². The summed E-state index contributed by atoms with van der Waals surface area (Å²) in [5.41, 5.74) is 0. The molecular formula is C48H83N2O11P. The fourth-order valence-electron chi connectivity index (χ4n) is 6.82. The number of allylic oxidation sites excluding steroid dienone is 4. The number of phosphoric ester groups is 1. The smallest absolute Gasteiger partial charge is 0.462 e. The van der Waals surface area contributed by atoms with Crippen LogP contribution in [0.1, 0.15) is 200 Å². The number of carbonyl (C=O) groups excluding carboxylic acids is 5. The number of amides is 3. The van der Waals surface area contributed by atoms with Crippen molar-refractivity contribution in [2.24, 2.45) is 0 Å². The number of phosphoric acid groups is 1. The maximum absolute atomic E-state index is 12.8. The Morgan fingerprint density at radius 3 is 1.53 bits per heavy atom. The van der Waals surface area contributed by atoms with Gasteiger partial charge >= 0.3 is 19.8 Å². The lowest BCUT2D eigenvalue weighted by Gasteiger charge is -2.20. The zero-order valence-electron chi connectivity index (χ0n) is 38.5. The summed E-state index contributed by atoms with van der Waals surface area (Å²) in [6.45, 7) is 2.96. The van der Waals surface area contributed by atoms with Gasteiger partial charge in [0.1, 0.15) is 6.61 Å². The van der Waals surface area contributed by atoms with Gasteiger partial charge in [-0.3, -0.25) is 37.9 Å². The van der Waals surface area contributed by atoms with E-state index in [4.69, 9.17) is 18.5 Å². The van der Waals surface area contributed by atoms with Crippen molar-refractivity contribution in [2.45, 2.75) is 206 Å². The summed E-state index contributed by atoms with van der Waals surface area (Å²) in [6.07, 6.45) is 40.1. The van der Waals surface area contributed by atoms with Gasteiger partial charge in [0.2, 0.25) is 5.91 Å². The Hall–Kier alpha value is -3.12. The molecule has 1 rings (SSSR count). The highest BCUT2D eigenvalue weighted by Crippen LogP contribution is 2.43. The minimum atomic E-state index is -4.64. The first-order valence-corrected chi connectivity index (χ1v) is 25.6. The largest absolute Gasteiger partial charge is 0.472 e. The van der Waals surface area contributed by atoms with E-state index < -0.39 is 50.2 Å². The fraction of sp³-hybridized carbons (Fsp3) is 0.771. The second kappa shape index (κ2) is 39.5. The predicted molar refractivity (Wildman–Crippen MR) is 245 cm³/mol. The van der Waals surface area contributed by atoms with Crippen molar-refractivity contribution in [3.63, 3.8) is 0 Å². The van der Waals surface area contributed by atoms with E-state index in [1.807, 2.05) is 0 Å². The van der Waals surface area contributed by atoms with Crippen LogP contribution in [0.15, 0.2) is 36.5 Å². The molecule has 0 bridgehead atoms. The zero-order chi connectivity index (χ0) is 45.4. The van der Waals surface area contributed by atoms with Crippen molar-refractivity contribution >= 4 is 37.5 Å². The van der Waals surface area contributed by atoms with Crippen LogP contribution in [-0.2, 0) is 47.1 Å². The van der Waals surface area contributed by atoms with Gasteiger partial charge in [-0.15, -0.1) is 0 Å². The Kier molecular flexibility index (Phi) is 36.2. The summed E-state index contributed by atoms with van der Waals surface area (Å²) in [7, 11) is -4.64. The molecule has 0 radical (unpaired) electrons. The van der Waals surface area contributed by atoms with Gasteiger partial charge in [0, 0.05) is 44.5 Å². The number of imide groups is 1. The molecule has 0 fully saturated rings. The topological polar surface area (TPSA) is 175 Å². The Balaban J connectivity index is 2.40. The number of esters is 2. The maximum atomic E-state index is 12.8. The number of carbonyl (C=O) groups is 5. The lowest BCUT2D eigenvalue weighted by molar-refractivity contribution is -0.161. The fourth-order valence-corrected chi connectivity index (χ4v) is 7.57. The van der Waals surface area contributed by atoms with E-state index in [9.17, 15) is 33.4 Å². The van der Waals surface area contributed by atoms with Crippen LogP contribution in [0.3, 0.4) is 0 Å². The molecule has 0 aromatic rings. The van der Waals surface area contributed by atoms with E-state index in [0.717, 1.165) is 94.1 Å². The maximum Gasteiger partial charge on any atom is 0.472 e. The number of nitrogens with one attached hydrogen (secondary N) is 1. The molecule has 1 heterocycles. The molecule has 0 aromatic heterocycles. The Bertz CT molecular complexity index is 1330. The molecular weight excluding hydrogens is 812 g/mol. The summed E-state index contributed by atoms with van der Waals surface area (Å²) in [5, 5.41) is 2.48. The van der Waals surface area contributed by atoms with Crippen LogP contribution in [0.4, 0.5) is 0 Å². The Morgan fingerprint density at radius 1 is 0.613 bits per heavy atom.